The van der Waals surface area contributed by atoms with Crippen LogP contribution in [0.5, 0.6) is 0 Å². The van der Waals surface area contributed by atoms with Crippen LogP contribution in [0.3, 0.4) is 0 Å². The number of carbonyl (C=O) groups excluding carboxylic acids is 1. The van der Waals surface area contributed by atoms with Crippen molar-refractivity contribution in [1.82, 2.24) is 0 Å². The predicted octanol–water partition coefficient (Wildman–Crippen LogP) is 1.78. The number of aliphatic carboxylic acids is 1. The van der Waals surface area contributed by atoms with Gasteiger partial charge >= 0.3 is 5.97 Å². The van der Waals surface area contributed by atoms with Crippen molar-refractivity contribution < 1.29 is 19.5 Å². The standard InChI is InChI=1S/C11H10BrNO4/c1-17-13-9(11(15)16)10(14)8(12)7-5-3-2-4-6-7/h2-6,8H,1H3,(H,15,16). The number of benzene rings is 1. The number of halogens is 1. The largest absolute Gasteiger partial charge is 0.476 e. The van der Waals surface area contributed by atoms with Crippen molar-refractivity contribution in [3.8, 4) is 0 Å². The van der Waals surface area contributed by atoms with E-state index in [4.69, 9.17) is 5.11 Å². The van der Waals surface area contributed by atoms with Gasteiger partial charge in [-0.05, 0) is 5.56 Å². The molecule has 0 aromatic heterocycles. The Hall–Kier alpha value is -1.69. The van der Waals surface area contributed by atoms with E-state index in [0.29, 0.717) is 5.56 Å². The molecule has 0 aliphatic heterocycles. The van der Waals surface area contributed by atoms with Gasteiger partial charge in [0.1, 0.15) is 11.9 Å². The number of nitrogens with zero attached hydrogens (tertiary/aromatic N) is 1. The molecule has 90 valence electrons. The van der Waals surface area contributed by atoms with Gasteiger partial charge in [0.05, 0.1) is 0 Å². The van der Waals surface area contributed by atoms with Crippen molar-refractivity contribution in [3.63, 3.8) is 0 Å². The maximum atomic E-state index is 11.8. The van der Waals surface area contributed by atoms with E-state index in [9.17, 15) is 9.59 Å². The number of alkyl halides is 1. The van der Waals surface area contributed by atoms with E-state index in [0.717, 1.165) is 0 Å². The summed E-state index contributed by atoms with van der Waals surface area (Å²) in [6.45, 7) is 0. The van der Waals surface area contributed by atoms with Crippen LogP contribution in [0.2, 0.25) is 0 Å². The van der Waals surface area contributed by atoms with Gasteiger partial charge in [-0.15, -0.1) is 0 Å². The van der Waals surface area contributed by atoms with Crippen LogP contribution in [0.1, 0.15) is 10.4 Å². The van der Waals surface area contributed by atoms with Crippen LogP contribution in [0, 0.1) is 0 Å². The van der Waals surface area contributed by atoms with Crippen LogP contribution in [-0.4, -0.2) is 29.7 Å². The number of oxime groups is 1. The van der Waals surface area contributed by atoms with Gasteiger partial charge in [-0.3, -0.25) is 4.79 Å². The molecule has 0 spiro atoms. The molecule has 0 amide bonds. The van der Waals surface area contributed by atoms with Crippen molar-refractivity contribution in [3.05, 3.63) is 35.9 Å². The topological polar surface area (TPSA) is 76.0 Å². The molecule has 17 heavy (non-hydrogen) atoms. The molecule has 1 aromatic rings. The Morgan fingerprint density at radius 3 is 2.41 bits per heavy atom. The van der Waals surface area contributed by atoms with Gasteiger partial charge in [-0.1, -0.05) is 51.4 Å². The Morgan fingerprint density at radius 2 is 1.94 bits per heavy atom. The maximum Gasteiger partial charge on any atom is 0.361 e. The quantitative estimate of drug-likeness (QED) is 0.389. The number of carboxylic acids is 1. The molecular formula is C11H10BrNO4. The second-order valence-corrected chi connectivity index (χ2v) is 3.98. The van der Waals surface area contributed by atoms with Crippen molar-refractivity contribution in [1.29, 1.82) is 0 Å². The first-order chi connectivity index (χ1) is 8.07. The third-order valence-electron chi connectivity index (χ3n) is 1.94. The summed E-state index contributed by atoms with van der Waals surface area (Å²) in [5.74, 6) is -2.08. The summed E-state index contributed by atoms with van der Waals surface area (Å²) >= 11 is 3.14. The third-order valence-corrected chi connectivity index (χ3v) is 2.89. The molecule has 1 atom stereocenters. The summed E-state index contributed by atoms with van der Waals surface area (Å²) in [7, 11) is 1.18. The number of rotatable bonds is 5. The summed E-state index contributed by atoms with van der Waals surface area (Å²) in [6.07, 6.45) is 0. The van der Waals surface area contributed by atoms with Crippen LogP contribution < -0.4 is 0 Å². The molecule has 0 saturated carbocycles. The molecule has 1 N–H and O–H groups in total. The molecule has 0 aliphatic rings. The number of hydrogen-bond acceptors (Lipinski definition) is 4. The van der Waals surface area contributed by atoms with E-state index in [1.54, 1.807) is 30.3 Å². The highest BCUT2D eigenvalue weighted by Crippen LogP contribution is 2.24. The zero-order valence-electron chi connectivity index (χ0n) is 8.96. The molecule has 1 unspecified atom stereocenters. The van der Waals surface area contributed by atoms with E-state index in [-0.39, 0.29) is 0 Å². The first kappa shape index (κ1) is 13.4. The number of ketones is 1. The summed E-state index contributed by atoms with van der Waals surface area (Å²) in [5, 5.41) is 12.0. The highest BCUT2D eigenvalue weighted by molar-refractivity contribution is 9.09. The lowest BCUT2D eigenvalue weighted by molar-refractivity contribution is -0.130. The summed E-state index contributed by atoms with van der Waals surface area (Å²) < 4.78 is 0. The highest BCUT2D eigenvalue weighted by atomic mass is 79.9. The van der Waals surface area contributed by atoms with Gasteiger partial charge < -0.3 is 9.94 Å². The monoisotopic (exact) mass is 299 g/mol. The Kier molecular flexibility index (Phi) is 4.84. The minimum absolute atomic E-state index is 0.641. The van der Waals surface area contributed by atoms with Crippen LogP contribution in [-0.2, 0) is 14.4 Å². The molecule has 0 fully saturated rings. The van der Waals surface area contributed by atoms with E-state index >= 15 is 0 Å². The number of Topliss-reactive ketones (excluding diaryl/α,β-unsaturated/α-hetero) is 1. The Morgan fingerprint density at radius 1 is 1.35 bits per heavy atom. The molecule has 1 rings (SSSR count). The maximum absolute atomic E-state index is 11.8. The molecule has 5 nitrogen and oxygen atoms in total. The Labute approximate surface area is 106 Å². The van der Waals surface area contributed by atoms with Gasteiger partial charge in [0.15, 0.2) is 0 Å². The number of hydrogen-bond donors (Lipinski definition) is 1. The van der Waals surface area contributed by atoms with Gasteiger partial charge in [-0.25, -0.2) is 4.79 Å². The molecule has 0 saturated heterocycles. The molecule has 0 heterocycles. The minimum atomic E-state index is -1.42. The zero-order chi connectivity index (χ0) is 12.8. The zero-order valence-corrected chi connectivity index (χ0v) is 10.5. The summed E-state index contributed by atoms with van der Waals surface area (Å²) in [5.41, 5.74) is 0.0146. The second-order valence-electron chi connectivity index (χ2n) is 3.07. The van der Waals surface area contributed by atoms with Gasteiger partial charge in [0, 0.05) is 0 Å². The molecule has 0 aliphatic carbocycles. The van der Waals surface area contributed by atoms with Crippen molar-refractivity contribution in [2.24, 2.45) is 5.16 Å². The lowest BCUT2D eigenvalue weighted by atomic mass is 10.1. The van der Waals surface area contributed by atoms with Crippen LogP contribution in [0.15, 0.2) is 35.5 Å². The predicted molar refractivity (Wildman–Crippen MR) is 65.2 cm³/mol. The van der Waals surface area contributed by atoms with E-state index in [1.165, 1.54) is 7.11 Å². The SMILES string of the molecule is CON=C(C(=O)O)C(=O)C(Br)c1ccccc1. The van der Waals surface area contributed by atoms with Crippen LogP contribution >= 0.6 is 15.9 Å². The van der Waals surface area contributed by atoms with Crippen molar-refractivity contribution >= 4 is 33.4 Å². The highest BCUT2D eigenvalue weighted by Gasteiger charge is 2.28. The van der Waals surface area contributed by atoms with Crippen molar-refractivity contribution in [2.45, 2.75) is 4.83 Å². The molecule has 6 heteroatoms. The second kappa shape index (κ2) is 6.15. The molecule has 1 aromatic carbocycles. The third kappa shape index (κ3) is 3.39. The summed E-state index contributed by atoms with van der Waals surface area (Å²) in [6, 6.07) is 8.73. The van der Waals surface area contributed by atoms with Crippen LogP contribution in [0.25, 0.3) is 0 Å². The molecular weight excluding hydrogens is 290 g/mol. The first-order valence-corrected chi connectivity index (χ1v) is 5.57. The lowest BCUT2D eigenvalue weighted by Crippen LogP contribution is -2.27. The van der Waals surface area contributed by atoms with E-state index < -0.39 is 22.3 Å². The lowest BCUT2D eigenvalue weighted by Gasteiger charge is -2.08. The first-order valence-electron chi connectivity index (χ1n) is 4.65. The number of carbonyl (C=O) groups is 2. The van der Waals surface area contributed by atoms with Gasteiger partial charge in [0.2, 0.25) is 11.5 Å². The van der Waals surface area contributed by atoms with Crippen LogP contribution in [0.4, 0.5) is 0 Å². The minimum Gasteiger partial charge on any atom is -0.476 e. The summed E-state index contributed by atoms with van der Waals surface area (Å²) in [4.78, 5) is 26.2. The van der Waals surface area contributed by atoms with E-state index in [1.807, 2.05) is 0 Å². The normalized spacial score (nSPS) is 12.9. The fourth-order valence-corrected chi connectivity index (χ4v) is 1.70. The Bertz CT molecular complexity index is 444. The number of carboxylic acid groups (broad SMARTS) is 1. The Balaban J connectivity index is 2.97. The van der Waals surface area contributed by atoms with Gasteiger partial charge in [0.25, 0.3) is 0 Å². The average Bonchev–Trinajstić information content (AvgIpc) is 2.35. The molecule has 0 radical (unpaired) electrons. The molecule has 0 bridgehead atoms. The fraction of sp³-hybridized carbons (Fsp3) is 0.182. The fourth-order valence-electron chi connectivity index (χ4n) is 1.17. The van der Waals surface area contributed by atoms with Gasteiger partial charge in [-0.2, -0.15) is 0 Å². The average molecular weight is 300 g/mol. The van der Waals surface area contributed by atoms with Crippen molar-refractivity contribution in [2.75, 3.05) is 7.11 Å². The smallest absolute Gasteiger partial charge is 0.361 e. The van der Waals surface area contributed by atoms with E-state index in [2.05, 4.69) is 25.9 Å².